The van der Waals surface area contributed by atoms with Crippen molar-refractivity contribution in [1.82, 2.24) is 20.1 Å². The van der Waals surface area contributed by atoms with Gasteiger partial charge in [0.1, 0.15) is 11.7 Å². The molecule has 0 amide bonds. The van der Waals surface area contributed by atoms with E-state index in [1.165, 1.54) is 0 Å². The fourth-order valence-electron chi connectivity index (χ4n) is 4.66. The molecule has 2 aliphatic heterocycles. The third-order valence-corrected chi connectivity index (χ3v) is 7.08. The van der Waals surface area contributed by atoms with Gasteiger partial charge in [-0.05, 0) is 49.8 Å². The highest BCUT2D eigenvalue weighted by Crippen LogP contribution is 2.28. The van der Waals surface area contributed by atoms with E-state index in [9.17, 15) is 8.78 Å². The number of nitrogens with two attached hydrogens (primary N) is 1. The number of rotatable bonds is 10. The van der Waals surface area contributed by atoms with Crippen molar-refractivity contribution < 1.29 is 18.0 Å². The first-order valence-electron chi connectivity index (χ1n) is 13.1. The number of hydrogen-bond acceptors (Lipinski definition) is 9. The minimum Gasteiger partial charge on any atom is -0.490 e. The zero-order valence-corrected chi connectivity index (χ0v) is 22.3. The second-order valence-corrected chi connectivity index (χ2v) is 10.4. The molecular formula is C27H37F2N7O2. The summed E-state index contributed by atoms with van der Waals surface area (Å²) < 4.78 is 38.9. The fourth-order valence-corrected chi connectivity index (χ4v) is 4.66. The molecule has 4 heterocycles. The van der Waals surface area contributed by atoms with Crippen molar-refractivity contribution >= 4 is 12.0 Å². The lowest BCUT2D eigenvalue weighted by Gasteiger charge is -2.30. The highest BCUT2D eigenvalue weighted by molar-refractivity contribution is 5.38. The maximum Gasteiger partial charge on any atom is 0.324 e. The van der Waals surface area contributed by atoms with Crippen LogP contribution in [0.2, 0.25) is 0 Å². The predicted molar refractivity (Wildman–Crippen MR) is 142 cm³/mol. The van der Waals surface area contributed by atoms with E-state index in [2.05, 4.69) is 31.6 Å². The summed E-state index contributed by atoms with van der Waals surface area (Å²) in [5.41, 5.74) is 7.00. The van der Waals surface area contributed by atoms with Gasteiger partial charge in [-0.1, -0.05) is 25.6 Å². The molecule has 2 aliphatic rings. The van der Waals surface area contributed by atoms with Crippen LogP contribution in [0.3, 0.4) is 0 Å². The van der Waals surface area contributed by atoms with Crippen LogP contribution in [-0.4, -0.2) is 58.9 Å². The Kier molecular flexibility index (Phi) is 9.09. The molecule has 0 aromatic carbocycles. The van der Waals surface area contributed by atoms with Crippen LogP contribution in [-0.2, 0) is 0 Å². The standard InChI is InChI=1S/C27H37F2N7O2/c1-5-21(28)6-7-22(29)12-20-14-36(15-23(20)30)26-31-13-24(18(4)32-26)37-16-19-8-10-35(11-9-19)27-33-25(17(2)3)34-38-27/h5-7,13,17,19-20,23H,1,8-12,14-16,30H2,2-4H3/b21-6+,22-7+/t20-,23-/m0/s1. The third kappa shape index (κ3) is 6.94. The zero-order valence-electron chi connectivity index (χ0n) is 22.3. The Bertz CT molecular complexity index is 1160. The van der Waals surface area contributed by atoms with Gasteiger partial charge in [-0.2, -0.15) is 4.98 Å². The molecule has 9 nitrogen and oxygen atoms in total. The van der Waals surface area contributed by atoms with Gasteiger partial charge in [0.15, 0.2) is 11.6 Å². The lowest BCUT2D eigenvalue weighted by Crippen LogP contribution is -2.35. The van der Waals surface area contributed by atoms with Gasteiger partial charge in [-0.3, -0.25) is 0 Å². The van der Waals surface area contributed by atoms with Crippen molar-refractivity contribution in [2.24, 2.45) is 17.6 Å². The molecule has 2 N–H and O–H groups in total. The van der Waals surface area contributed by atoms with Crippen LogP contribution in [0.5, 0.6) is 5.75 Å². The topological polar surface area (TPSA) is 106 Å². The van der Waals surface area contributed by atoms with Gasteiger partial charge in [0.05, 0.1) is 18.5 Å². The number of nitrogens with zero attached hydrogens (tertiary/aromatic N) is 6. The summed E-state index contributed by atoms with van der Waals surface area (Å²) in [6.07, 6.45) is 6.96. The van der Waals surface area contributed by atoms with Crippen molar-refractivity contribution in [3.05, 3.63) is 54.2 Å². The van der Waals surface area contributed by atoms with Crippen LogP contribution in [0.15, 0.2) is 47.2 Å². The molecule has 0 radical (unpaired) electrons. The van der Waals surface area contributed by atoms with E-state index >= 15 is 0 Å². The minimum absolute atomic E-state index is 0.124. The molecule has 0 saturated carbocycles. The summed E-state index contributed by atoms with van der Waals surface area (Å²) in [6.45, 7) is 12.6. The summed E-state index contributed by atoms with van der Waals surface area (Å²) in [4.78, 5) is 17.7. The minimum atomic E-state index is -0.585. The van der Waals surface area contributed by atoms with Gasteiger partial charge in [0.2, 0.25) is 5.95 Å². The quantitative estimate of drug-likeness (QED) is 0.441. The second kappa shape index (κ2) is 12.5. The van der Waals surface area contributed by atoms with E-state index in [0.29, 0.717) is 43.3 Å². The van der Waals surface area contributed by atoms with Crippen LogP contribution in [0.1, 0.15) is 50.5 Å². The van der Waals surface area contributed by atoms with Crippen LogP contribution in [0.4, 0.5) is 20.7 Å². The molecular weight excluding hydrogens is 492 g/mol. The zero-order chi connectivity index (χ0) is 27.2. The number of aryl methyl sites for hydroxylation is 1. The summed E-state index contributed by atoms with van der Waals surface area (Å²) in [7, 11) is 0. The molecule has 0 spiro atoms. The van der Waals surface area contributed by atoms with E-state index in [1.54, 1.807) is 6.20 Å². The second-order valence-electron chi connectivity index (χ2n) is 10.4. The average molecular weight is 530 g/mol. The lowest BCUT2D eigenvalue weighted by atomic mass is 9.98. The SMILES string of the molecule is C=C/C(F)=C\C=C(\F)C[C@H]1CN(c2ncc(OCC3CCN(c4nc(C(C)C)no4)CC3)c(C)n2)C[C@@H]1N. The van der Waals surface area contributed by atoms with Crippen molar-refractivity contribution in [2.45, 2.75) is 52.0 Å². The first kappa shape index (κ1) is 27.7. The van der Waals surface area contributed by atoms with Gasteiger partial charge in [-0.25, -0.2) is 18.7 Å². The van der Waals surface area contributed by atoms with Gasteiger partial charge in [0.25, 0.3) is 0 Å². The summed E-state index contributed by atoms with van der Waals surface area (Å²) in [5.74, 6) is 1.44. The Labute approximate surface area is 222 Å². The number of ether oxygens (including phenoxy) is 1. The van der Waals surface area contributed by atoms with E-state index in [1.807, 2.05) is 25.7 Å². The van der Waals surface area contributed by atoms with Crippen molar-refractivity contribution in [3.63, 3.8) is 0 Å². The first-order valence-corrected chi connectivity index (χ1v) is 13.1. The van der Waals surface area contributed by atoms with Crippen LogP contribution in [0, 0.1) is 18.8 Å². The summed E-state index contributed by atoms with van der Waals surface area (Å²) in [6, 6.07) is 0.353. The number of hydrogen-bond donors (Lipinski definition) is 1. The number of halogens is 2. The third-order valence-electron chi connectivity index (χ3n) is 7.08. The number of allylic oxidation sites excluding steroid dienone is 5. The Balaban J connectivity index is 1.26. The maximum absolute atomic E-state index is 14.2. The van der Waals surface area contributed by atoms with Gasteiger partial charge >= 0.3 is 6.01 Å². The average Bonchev–Trinajstić information content (AvgIpc) is 3.54. The van der Waals surface area contributed by atoms with E-state index in [0.717, 1.165) is 55.7 Å². The number of aromatic nitrogens is 4. The van der Waals surface area contributed by atoms with Crippen molar-refractivity contribution in [3.8, 4) is 5.75 Å². The van der Waals surface area contributed by atoms with Crippen LogP contribution in [0.25, 0.3) is 0 Å². The first-order chi connectivity index (χ1) is 18.2. The molecule has 206 valence electrons. The summed E-state index contributed by atoms with van der Waals surface area (Å²) >= 11 is 0. The number of anilines is 2. The molecule has 0 unspecified atom stereocenters. The molecule has 2 atom stereocenters. The molecule has 2 aromatic rings. The Hall–Kier alpha value is -3.34. The predicted octanol–water partition coefficient (Wildman–Crippen LogP) is 4.63. The molecule has 2 aromatic heterocycles. The van der Waals surface area contributed by atoms with Crippen molar-refractivity contribution in [1.29, 1.82) is 0 Å². The smallest absolute Gasteiger partial charge is 0.324 e. The Morgan fingerprint density at radius 1 is 1.21 bits per heavy atom. The molecule has 0 bridgehead atoms. The normalized spacial score (nSPS) is 21.4. The Morgan fingerprint density at radius 2 is 1.97 bits per heavy atom. The van der Waals surface area contributed by atoms with Crippen LogP contribution >= 0.6 is 0 Å². The molecule has 38 heavy (non-hydrogen) atoms. The molecule has 2 saturated heterocycles. The molecule has 4 rings (SSSR count). The van der Waals surface area contributed by atoms with Gasteiger partial charge < -0.3 is 24.8 Å². The van der Waals surface area contributed by atoms with Gasteiger partial charge in [0, 0.05) is 44.6 Å². The fraction of sp³-hybridized carbons (Fsp3) is 0.556. The summed E-state index contributed by atoms with van der Waals surface area (Å²) in [5, 5.41) is 4.05. The highest BCUT2D eigenvalue weighted by Gasteiger charge is 2.32. The lowest BCUT2D eigenvalue weighted by molar-refractivity contribution is 0.217. The number of piperidine rings is 1. The Morgan fingerprint density at radius 3 is 2.63 bits per heavy atom. The molecule has 2 fully saturated rings. The largest absolute Gasteiger partial charge is 0.490 e. The highest BCUT2D eigenvalue weighted by atomic mass is 19.1. The van der Waals surface area contributed by atoms with Crippen molar-refractivity contribution in [2.75, 3.05) is 42.6 Å². The van der Waals surface area contributed by atoms with Crippen LogP contribution < -0.4 is 20.3 Å². The molecule has 0 aliphatic carbocycles. The maximum atomic E-state index is 14.2. The van der Waals surface area contributed by atoms with E-state index < -0.39 is 11.7 Å². The molecule has 11 heteroatoms. The van der Waals surface area contributed by atoms with Gasteiger partial charge in [-0.15, -0.1) is 0 Å². The van der Waals surface area contributed by atoms with E-state index in [4.69, 9.17) is 15.0 Å². The monoisotopic (exact) mass is 529 g/mol. The van der Waals surface area contributed by atoms with E-state index in [-0.39, 0.29) is 24.3 Å².